The molecule has 8 nitrogen and oxygen atoms in total. The third-order valence-electron chi connectivity index (χ3n) is 4.30. The smallest absolute Gasteiger partial charge is 0.263 e. The summed E-state index contributed by atoms with van der Waals surface area (Å²) in [6.45, 7) is 3.28. The van der Waals surface area contributed by atoms with Gasteiger partial charge in [-0.25, -0.2) is 8.42 Å². The van der Waals surface area contributed by atoms with Crippen LogP contribution < -0.4 is 14.9 Å². The maximum absolute atomic E-state index is 12.5. The minimum atomic E-state index is -3.78. The summed E-state index contributed by atoms with van der Waals surface area (Å²) in [5, 5.41) is 10.8. The van der Waals surface area contributed by atoms with Crippen molar-refractivity contribution in [1.29, 1.82) is 0 Å². The van der Waals surface area contributed by atoms with Crippen molar-refractivity contribution in [3.8, 4) is 0 Å². The van der Waals surface area contributed by atoms with E-state index in [9.17, 15) is 13.2 Å². The van der Waals surface area contributed by atoms with Gasteiger partial charge in [-0.05, 0) is 49.2 Å². The second kappa shape index (κ2) is 8.34. The number of benzene rings is 1. The predicted molar refractivity (Wildman–Crippen MR) is 104 cm³/mol. The lowest BCUT2D eigenvalue weighted by atomic mass is 10.2. The Kier molecular flexibility index (Phi) is 5.90. The maximum atomic E-state index is 12.5. The van der Waals surface area contributed by atoms with Gasteiger partial charge >= 0.3 is 0 Å². The van der Waals surface area contributed by atoms with Gasteiger partial charge in [-0.1, -0.05) is 12.8 Å². The Bertz CT molecular complexity index is 874. The largest absolute Gasteiger partial charge is 0.355 e. The highest BCUT2D eigenvalue weighted by atomic mass is 32.2. The summed E-state index contributed by atoms with van der Waals surface area (Å²) in [6.07, 6.45) is 4.71. The molecule has 0 bridgehead atoms. The second-order valence-electron chi connectivity index (χ2n) is 6.49. The van der Waals surface area contributed by atoms with Crippen LogP contribution in [0.15, 0.2) is 41.3 Å². The molecule has 2 heterocycles. The van der Waals surface area contributed by atoms with Gasteiger partial charge in [-0.3, -0.25) is 9.52 Å². The van der Waals surface area contributed by atoms with E-state index in [1.165, 1.54) is 44.0 Å². The molecular formula is C18H23N5O3S. The quantitative estimate of drug-likeness (QED) is 0.815. The van der Waals surface area contributed by atoms with Crippen LogP contribution in [0.5, 0.6) is 0 Å². The van der Waals surface area contributed by atoms with Crippen LogP contribution in [-0.2, 0) is 14.8 Å². The van der Waals surface area contributed by atoms with E-state index in [0.29, 0.717) is 5.69 Å². The first-order chi connectivity index (χ1) is 12.9. The van der Waals surface area contributed by atoms with Gasteiger partial charge in [-0.2, -0.15) is 0 Å². The standard InChI is InChI=1S/C18H23N5O3S/c1-14(24)19-15-6-8-16(9-7-15)27(25,26)22-17-10-11-18(21-20-17)23-12-4-2-3-5-13-23/h6-11H,2-5,12-13H2,1H3,(H,19,24)(H,20,22). The van der Waals surface area contributed by atoms with Crippen molar-refractivity contribution in [2.24, 2.45) is 0 Å². The molecule has 1 aromatic heterocycles. The maximum Gasteiger partial charge on any atom is 0.263 e. The number of rotatable bonds is 5. The Morgan fingerprint density at radius 1 is 0.963 bits per heavy atom. The van der Waals surface area contributed by atoms with Crippen molar-refractivity contribution < 1.29 is 13.2 Å². The number of aromatic nitrogens is 2. The van der Waals surface area contributed by atoms with E-state index in [4.69, 9.17) is 0 Å². The van der Waals surface area contributed by atoms with Gasteiger partial charge in [-0.15, -0.1) is 10.2 Å². The second-order valence-corrected chi connectivity index (χ2v) is 8.17. The van der Waals surface area contributed by atoms with Crippen LogP contribution in [0.25, 0.3) is 0 Å². The van der Waals surface area contributed by atoms with Gasteiger partial charge in [0, 0.05) is 25.7 Å². The Balaban J connectivity index is 1.69. The molecule has 0 unspecified atom stereocenters. The van der Waals surface area contributed by atoms with Crippen LogP contribution >= 0.6 is 0 Å². The van der Waals surface area contributed by atoms with Gasteiger partial charge in [0.05, 0.1) is 4.90 Å². The summed E-state index contributed by atoms with van der Waals surface area (Å²) in [6, 6.07) is 9.32. The number of nitrogens with zero attached hydrogens (tertiary/aromatic N) is 3. The van der Waals surface area contributed by atoms with E-state index in [-0.39, 0.29) is 16.6 Å². The molecule has 1 aromatic carbocycles. The predicted octanol–water partition coefficient (Wildman–Crippen LogP) is 2.62. The first-order valence-corrected chi connectivity index (χ1v) is 10.4. The number of carbonyl (C=O) groups excluding carboxylic acids is 1. The SMILES string of the molecule is CC(=O)Nc1ccc(S(=O)(=O)Nc2ccc(N3CCCCCC3)nn2)cc1. The molecule has 2 aromatic rings. The third-order valence-corrected chi connectivity index (χ3v) is 5.68. The Hall–Kier alpha value is -2.68. The summed E-state index contributed by atoms with van der Waals surface area (Å²) in [7, 11) is -3.78. The van der Waals surface area contributed by atoms with Crippen molar-refractivity contribution in [3.05, 3.63) is 36.4 Å². The fourth-order valence-electron chi connectivity index (χ4n) is 2.97. The van der Waals surface area contributed by atoms with Crippen molar-refractivity contribution in [2.75, 3.05) is 28.0 Å². The molecular weight excluding hydrogens is 366 g/mol. The molecule has 3 rings (SSSR count). The minimum absolute atomic E-state index is 0.0787. The van der Waals surface area contributed by atoms with Gasteiger partial charge in [0.15, 0.2) is 11.6 Å². The summed E-state index contributed by atoms with van der Waals surface area (Å²) in [4.78, 5) is 13.3. The molecule has 0 saturated carbocycles. The average Bonchev–Trinajstić information content (AvgIpc) is 2.91. The summed E-state index contributed by atoms with van der Waals surface area (Å²) in [5.74, 6) is 0.711. The molecule has 1 aliphatic rings. The molecule has 2 N–H and O–H groups in total. The first-order valence-electron chi connectivity index (χ1n) is 8.93. The molecule has 1 aliphatic heterocycles. The fraction of sp³-hybridized carbons (Fsp3) is 0.389. The highest BCUT2D eigenvalue weighted by Gasteiger charge is 2.16. The Morgan fingerprint density at radius 3 is 2.19 bits per heavy atom. The van der Waals surface area contributed by atoms with E-state index in [2.05, 4.69) is 25.1 Å². The lowest BCUT2D eigenvalue weighted by molar-refractivity contribution is -0.114. The fourth-order valence-corrected chi connectivity index (χ4v) is 3.96. The minimum Gasteiger partial charge on any atom is -0.355 e. The number of amides is 1. The van der Waals surface area contributed by atoms with Crippen LogP contribution in [0, 0.1) is 0 Å². The average molecular weight is 389 g/mol. The van der Waals surface area contributed by atoms with Gasteiger partial charge < -0.3 is 10.2 Å². The lowest BCUT2D eigenvalue weighted by Gasteiger charge is -2.20. The highest BCUT2D eigenvalue weighted by Crippen LogP contribution is 2.20. The van der Waals surface area contributed by atoms with Crippen molar-refractivity contribution in [3.63, 3.8) is 0 Å². The molecule has 0 spiro atoms. The zero-order chi connectivity index (χ0) is 19.3. The molecule has 144 valence electrons. The van der Waals surface area contributed by atoms with Crippen molar-refractivity contribution >= 4 is 33.3 Å². The highest BCUT2D eigenvalue weighted by molar-refractivity contribution is 7.92. The Morgan fingerprint density at radius 2 is 1.63 bits per heavy atom. The molecule has 27 heavy (non-hydrogen) atoms. The zero-order valence-corrected chi connectivity index (χ0v) is 16.0. The van der Waals surface area contributed by atoms with Crippen molar-refractivity contribution in [1.82, 2.24) is 10.2 Å². The molecule has 9 heteroatoms. The zero-order valence-electron chi connectivity index (χ0n) is 15.2. The van der Waals surface area contributed by atoms with Gasteiger partial charge in [0.25, 0.3) is 10.0 Å². The molecule has 0 aliphatic carbocycles. The number of anilines is 3. The number of sulfonamides is 1. The van der Waals surface area contributed by atoms with E-state index in [1.807, 2.05) is 0 Å². The lowest BCUT2D eigenvalue weighted by Crippen LogP contribution is -2.25. The number of hydrogen-bond donors (Lipinski definition) is 2. The normalized spacial score (nSPS) is 15.1. The van der Waals surface area contributed by atoms with Gasteiger partial charge in [0.1, 0.15) is 0 Å². The van der Waals surface area contributed by atoms with E-state index in [1.54, 1.807) is 12.1 Å². The third kappa shape index (κ3) is 5.16. The van der Waals surface area contributed by atoms with E-state index < -0.39 is 10.0 Å². The molecule has 1 amide bonds. The van der Waals surface area contributed by atoms with E-state index >= 15 is 0 Å². The molecule has 1 fully saturated rings. The van der Waals surface area contributed by atoms with Crippen LogP contribution in [0.1, 0.15) is 32.6 Å². The van der Waals surface area contributed by atoms with Crippen LogP contribution in [0.4, 0.5) is 17.3 Å². The Labute approximate surface area is 159 Å². The number of hydrogen-bond acceptors (Lipinski definition) is 6. The topological polar surface area (TPSA) is 104 Å². The van der Waals surface area contributed by atoms with Crippen LogP contribution in [0.3, 0.4) is 0 Å². The number of carbonyl (C=O) groups is 1. The first kappa shape index (κ1) is 19.1. The van der Waals surface area contributed by atoms with E-state index in [0.717, 1.165) is 31.7 Å². The van der Waals surface area contributed by atoms with Crippen LogP contribution in [0.2, 0.25) is 0 Å². The van der Waals surface area contributed by atoms with Gasteiger partial charge in [0.2, 0.25) is 5.91 Å². The molecule has 0 atom stereocenters. The summed E-state index contributed by atoms with van der Waals surface area (Å²) in [5.41, 5.74) is 0.531. The monoisotopic (exact) mass is 389 g/mol. The summed E-state index contributed by atoms with van der Waals surface area (Å²) < 4.78 is 27.4. The molecule has 0 radical (unpaired) electrons. The molecule has 1 saturated heterocycles. The number of nitrogens with one attached hydrogen (secondary N) is 2. The van der Waals surface area contributed by atoms with Crippen molar-refractivity contribution in [2.45, 2.75) is 37.5 Å². The van der Waals surface area contributed by atoms with Crippen LogP contribution in [-0.4, -0.2) is 37.6 Å². The summed E-state index contributed by atoms with van der Waals surface area (Å²) >= 11 is 0.